The van der Waals surface area contributed by atoms with E-state index in [4.69, 9.17) is 18.6 Å². The Labute approximate surface area is 224 Å². The van der Waals surface area contributed by atoms with Crippen LogP contribution >= 0.6 is 0 Å². The predicted octanol–water partition coefficient (Wildman–Crippen LogP) is 7.59. The van der Waals surface area contributed by atoms with Gasteiger partial charge < -0.3 is 18.6 Å². The SMILES string of the molecule is CC(C)(C)OC(=O)N(CC1=Cc2c(cccc2OCCO[Si](C)(C)C(C)(C)C)CC1)C(=O)OC(C)(C)C. The van der Waals surface area contributed by atoms with Crippen LogP contribution in [0.2, 0.25) is 18.1 Å². The number of amides is 2. The van der Waals surface area contributed by atoms with E-state index in [-0.39, 0.29) is 11.6 Å². The second-order valence-corrected chi connectivity index (χ2v) is 17.9. The third kappa shape index (κ3) is 9.49. The highest BCUT2D eigenvalue weighted by atomic mass is 28.4. The molecule has 0 bridgehead atoms. The fourth-order valence-electron chi connectivity index (χ4n) is 3.50. The molecule has 1 aromatic rings. The second-order valence-electron chi connectivity index (χ2n) is 13.1. The van der Waals surface area contributed by atoms with Gasteiger partial charge in [0.05, 0.1) is 13.2 Å². The number of rotatable bonds is 7. The first-order valence-corrected chi connectivity index (χ1v) is 16.0. The first-order valence-electron chi connectivity index (χ1n) is 13.1. The average Bonchev–Trinajstić information content (AvgIpc) is 2.71. The van der Waals surface area contributed by atoms with Crippen molar-refractivity contribution in [1.82, 2.24) is 4.90 Å². The van der Waals surface area contributed by atoms with Crippen LogP contribution in [0.3, 0.4) is 0 Å². The minimum absolute atomic E-state index is 0.0894. The fourth-order valence-corrected chi connectivity index (χ4v) is 4.53. The first kappa shape index (κ1) is 30.9. The topological polar surface area (TPSA) is 74.3 Å². The van der Waals surface area contributed by atoms with Crippen molar-refractivity contribution in [3.8, 4) is 5.75 Å². The van der Waals surface area contributed by atoms with E-state index in [2.05, 4.69) is 39.9 Å². The smallest absolute Gasteiger partial charge is 0.420 e. The molecule has 0 aromatic heterocycles. The molecule has 37 heavy (non-hydrogen) atoms. The van der Waals surface area contributed by atoms with Crippen molar-refractivity contribution in [3.63, 3.8) is 0 Å². The van der Waals surface area contributed by atoms with Crippen LogP contribution in [-0.2, 0) is 20.3 Å². The number of nitrogens with zero attached hydrogens (tertiary/aromatic N) is 1. The quantitative estimate of drug-likeness (QED) is 0.265. The van der Waals surface area contributed by atoms with Gasteiger partial charge in [0.25, 0.3) is 0 Å². The van der Waals surface area contributed by atoms with E-state index in [1.807, 2.05) is 18.2 Å². The Hall–Kier alpha value is -2.32. The van der Waals surface area contributed by atoms with Gasteiger partial charge in [0.2, 0.25) is 0 Å². The highest BCUT2D eigenvalue weighted by molar-refractivity contribution is 6.74. The predicted molar refractivity (Wildman–Crippen MR) is 151 cm³/mol. The lowest BCUT2D eigenvalue weighted by molar-refractivity contribution is 0.00315. The molecule has 7 nitrogen and oxygen atoms in total. The van der Waals surface area contributed by atoms with Crippen LogP contribution in [0.15, 0.2) is 23.8 Å². The van der Waals surface area contributed by atoms with Crippen molar-refractivity contribution in [2.24, 2.45) is 0 Å². The molecule has 0 radical (unpaired) electrons. The Bertz CT molecular complexity index is 967. The maximum Gasteiger partial charge on any atom is 0.420 e. The van der Waals surface area contributed by atoms with Gasteiger partial charge in [-0.05, 0) is 95.8 Å². The van der Waals surface area contributed by atoms with Gasteiger partial charge >= 0.3 is 12.2 Å². The summed E-state index contributed by atoms with van der Waals surface area (Å²) in [4.78, 5) is 26.9. The van der Waals surface area contributed by atoms with Crippen LogP contribution in [0.4, 0.5) is 9.59 Å². The molecule has 0 atom stereocenters. The normalized spacial score (nSPS) is 14.4. The number of imide groups is 1. The largest absolute Gasteiger partial charge is 0.491 e. The Morgan fingerprint density at radius 2 is 1.43 bits per heavy atom. The molecule has 0 aliphatic heterocycles. The van der Waals surface area contributed by atoms with Crippen molar-refractivity contribution >= 4 is 26.6 Å². The van der Waals surface area contributed by atoms with Crippen LogP contribution in [0, 0.1) is 0 Å². The van der Waals surface area contributed by atoms with Crippen LogP contribution in [0.5, 0.6) is 5.75 Å². The van der Waals surface area contributed by atoms with Crippen LogP contribution in [0.1, 0.15) is 79.9 Å². The Morgan fingerprint density at radius 3 is 1.95 bits per heavy atom. The van der Waals surface area contributed by atoms with Crippen molar-refractivity contribution in [2.75, 3.05) is 19.8 Å². The Morgan fingerprint density at radius 1 is 0.865 bits per heavy atom. The van der Waals surface area contributed by atoms with Gasteiger partial charge in [0, 0.05) is 5.56 Å². The minimum Gasteiger partial charge on any atom is -0.491 e. The zero-order valence-corrected chi connectivity index (χ0v) is 25.7. The molecule has 0 unspecified atom stereocenters. The Kier molecular flexibility index (Phi) is 9.69. The molecule has 1 aromatic carbocycles. The Balaban J connectivity index is 2.21. The summed E-state index contributed by atoms with van der Waals surface area (Å²) in [6.45, 7) is 22.8. The van der Waals surface area contributed by atoms with Crippen molar-refractivity contribution in [2.45, 2.75) is 104 Å². The fraction of sp³-hybridized carbons (Fsp3) is 0.655. The molecular weight excluding hydrogens is 486 g/mol. The maximum absolute atomic E-state index is 12.9. The summed E-state index contributed by atoms with van der Waals surface area (Å²) >= 11 is 0. The molecule has 208 valence electrons. The number of carbonyl (C=O) groups excluding carboxylic acids is 2. The summed E-state index contributed by atoms with van der Waals surface area (Å²) in [7, 11) is -1.84. The van der Waals surface area contributed by atoms with Gasteiger partial charge in [-0.3, -0.25) is 0 Å². The lowest BCUT2D eigenvalue weighted by atomic mass is 9.91. The van der Waals surface area contributed by atoms with Gasteiger partial charge in [-0.2, -0.15) is 0 Å². The zero-order valence-electron chi connectivity index (χ0n) is 24.7. The molecule has 1 aliphatic carbocycles. The molecule has 0 saturated carbocycles. The van der Waals surface area contributed by atoms with Gasteiger partial charge in [-0.1, -0.05) is 32.9 Å². The summed E-state index contributed by atoms with van der Waals surface area (Å²) in [5.74, 6) is 0.773. The zero-order chi connectivity index (χ0) is 28.2. The average molecular weight is 534 g/mol. The summed E-state index contributed by atoms with van der Waals surface area (Å²) < 4.78 is 23.4. The van der Waals surface area contributed by atoms with Crippen molar-refractivity contribution < 1.29 is 28.2 Å². The summed E-state index contributed by atoms with van der Waals surface area (Å²) in [6.07, 6.45) is 2.08. The van der Waals surface area contributed by atoms with Crippen LogP contribution in [0.25, 0.3) is 6.08 Å². The van der Waals surface area contributed by atoms with Gasteiger partial charge in [-0.15, -0.1) is 0 Å². The number of benzene rings is 1. The van der Waals surface area contributed by atoms with E-state index in [1.165, 1.54) is 5.56 Å². The monoisotopic (exact) mass is 533 g/mol. The first-order chi connectivity index (χ1) is 16.8. The number of carbonyl (C=O) groups is 2. The highest BCUT2D eigenvalue weighted by Gasteiger charge is 2.37. The van der Waals surface area contributed by atoms with Crippen molar-refractivity contribution in [1.29, 1.82) is 0 Å². The lowest BCUT2D eigenvalue weighted by Crippen LogP contribution is -2.44. The van der Waals surface area contributed by atoms with Gasteiger partial charge in [0.1, 0.15) is 23.6 Å². The van der Waals surface area contributed by atoms with Gasteiger partial charge in [0.15, 0.2) is 8.32 Å². The summed E-state index contributed by atoms with van der Waals surface area (Å²) in [5.41, 5.74) is 1.60. The molecule has 8 heteroatoms. The second kappa shape index (κ2) is 11.6. The highest BCUT2D eigenvalue weighted by Crippen LogP contribution is 2.36. The summed E-state index contributed by atoms with van der Waals surface area (Å²) in [5, 5.41) is 0.144. The van der Waals surface area contributed by atoms with Gasteiger partial charge in [-0.25, -0.2) is 14.5 Å². The van der Waals surface area contributed by atoms with Crippen LogP contribution in [-0.4, -0.2) is 56.4 Å². The molecule has 2 rings (SSSR count). The molecule has 2 amide bonds. The molecule has 0 N–H and O–H groups in total. The standard InChI is InChI=1S/C29H47NO6Si/c1-27(2,3)35-25(31)30(26(32)36-28(4,5)6)20-21-15-16-22-13-12-14-24(23(22)19-21)33-17-18-34-37(10,11)29(7,8)9/h12-14,19H,15-18,20H2,1-11H3. The van der Waals surface area contributed by atoms with E-state index in [1.54, 1.807) is 41.5 Å². The molecule has 0 fully saturated rings. The van der Waals surface area contributed by atoms with Crippen LogP contribution < -0.4 is 4.74 Å². The number of hydrogen-bond donors (Lipinski definition) is 0. The summed E-state index contributed by atoms with van der Waals surface area (Å²) in [6, 6.07) is 6.03. The molecule has 1 aliphatic rings. The maximum atomic E-state index is 12.9. The molecule has 0 saturated heterocycles. The van der Waals surface area contributed by atoms with E-state index in [9.17, 15) is 9.59 Å². The van der Waals surface area contributed by atoms with E-state index < -0.39 is 31.7 Å². The third-order valence-electron chi connectivity index (χ3n) is 6.42. The van der Waals surface area contributed by atoms with Crippen molar-refractivity contribution in [3.05, 3.63) is 34.9 Å². The molecule has 0 spiro atoms. The number of fused-ring (bicyclic) bond motifs is 1. The third-order valence-corrected chi connectivity index (χ3v) is 11.0. The lowest BCUT2D eigenvalue weighted by Gasteiger charge is -2.36. The number of aryl methyl sites for hydroxylation is 1. The minimum atomic E-state index is -1.84. The van der Waals surface area contributed by atoms with E-state index in [0.717, 1.165) is 28.2 Å². The molecule has 0 heterocycles. The van der Waals surface area contributed by atoms with E-state index in [0.29, 0.717) is 19.6 Å². The van der Waals surface area contributed by atoms with E-state index >= 15 is 0 Å². The number of hydrogen-bond acceptors (Lipinski definition) is 6. The number of ether oxygens (including phenoxy) is 3. The molecular formula is C29H47NO6Si.